The molecule has 0 atom stereocenters. The van der Waals surface area contributed by atoms with Crippen LogP contribution in [0.5, 0.6) is 17.4 Å². The molecule has 8 aromatic rings. The molecule has 92 heavy (non-hydrogen) atoms. The summed E-state index contributed by atoms with van der Waals surface area (Å²) in [7, 11) is -28.4. The van der Waals surface area contributed by atoms with Gasteiger partial charge in [0, 0.05) is 38.9 Å². The number of thiazole rings is 1. The first-order valence-corrected chi connectivity index (χ1v) is 36.8. The van der Waals surface area contributed by atoms with Crippen LogP contribution >= 0.6 is 23.1 Å². The monoisotopic (exact) mass is 1450 g/mol. The van der Waals surface area contributed by atoms with Crippen molar-refractivity contribution in [1.82, 2.24) is 14.4 Å². The topological polar surface area (TPSA) is 561 Å². The Kier molecular flexibility index (Phi) is 25.6. The standard InChI is InChI=1S/C47H44N10O16S6.CH4O3S.2O3S/c1-4-11-72-38-19-28(78(66,67)68)18-30-29(38)20-41(79(69,70)71)43-44(30)75-47(50-43)56-51-33-22-40(74-13-8-15-77(63,64)65)36(16-25(33)2)54-52-34-21-39(73-12-7-14-76(60,61)62)35(17-27(34)24-58)53-55-42-26(3)31(23-48)45-49-32-9-5-6-10-37(32)57(45)46(42)59;1-5(2,3)4;2*1-4(2)3/h5-6,9-10,16-22,58-59H,4,7-8,11-15,24H2,1-3H3,(H,60,61,62)(H,63,64,65)(H,66,67,68)(H,69,70,71);1H3,(H,2,3,4);;. The van der Waals surface area contributed by atoms with Gasteiger partial charge in [-0.1, -0.05) is 30.4 Å². The number of ether oxygens (including phenoxy) is 2. The van der Waals surface area contributed by atoms with Gasteiger partial charge in [-0.25, -0.2) is 9.97 Å². The molecule has 0 radical (unpaired) electrons. The number of hydrogen-bond acceptors (Lipinski definition) is 31. The molecule has 8 rings (SSSR count). The fourth-order valence-electron chi connectivity index (χ4n) is 7.87. The molecule has 0 spiro atoms. The lowest BCUT2D eigenvalue weighted by atomic mass is 10.1. The Labute approximate surface area is 533 Å². The molecule has 7 N–H and O–H groups in total. The molecule has 0 saturated heterocycles. The number of thioether (sulfide) groups is 1. The number of nitrogens with zero attached hydrogens (tertiary/aromatic N) is 10. The van der Waals surface area contributed by atoms with Gasteiger partial charge < -0.3 is 19.7 Å². The fourth-order valence-corrected chi connectivity index (χ4v) is 12.2. The van der Waals surface area contributed by atoms with E-state index in [-0.39, 0.29) is 120 Å². The van der Waals surface area contributed by atoms with E-state index in [0.29, 0.717) is 34.2 Å². The van der Waals surface area contributed by atoms with E-state index in [2.05, 4.69) is 46.7 Å². The Morgan fingerprint density at radius 2 is 1.27 bits per heavy atom. The van der Waals surface area contributed by atoms with Crippen LogP contribution in [-0.4, -0.2) is 151 Å². The minimum absolute atomic E-state index is 0.00690. The first kappa shape index (κ1) is 74.7. The second-order valence-electron chi connectivity index (χ2n) is 18.3. The van der Waals surface area contributed by atoms with Crippen molar-refractivity contribution >= 4 is 166 Å². The lowest BCUT2D eigenvalue weighted by Crippen LogP contribution is -2.08. The number of hydrogen-bond donors (Lipinski definition) is 7. The molecular formula is C48H48N10O25S9. The molecule has 3 heterocycles. The van der Waals surface area contributed by atoms with Crippen molar-refractivity contribution in [3.8, 4) is 23.4 Å². The molecule has 0 aliphatic carbocycles. The van der Waals surface area contributed by atoms with Crippen LogP contribution in [0.2, 0.25) is 0 Å². The second-order valence-corrected chi connectivity index (χ2v) is 28.7. The SMILES string of the molecule is CCCOc1cc(S(=O)(=O)O)cc2c1cc(S(=O)(=O)O)c1nc(N=Nc3cc(SCCCS(=O)(=O)O)c(N=Nc4cc(OCCCS(=O)(=O)O)c(N=Nc5c(C)c(C#N)c6nc7ccccc7n6c5O)cc4CO)cc3C)sc12.CS(=O)(=O)O.O=S(=O)=O.O=S(=O)=O. The molecule has 0 bridgehead atoms. The summed E-state index contributed by atoms with van der Waals surface area (Å²) >= 11 is 1.87. The van der Waals surface area contributed by atoms with Crippen LogP contribution in [0.25, 0.3) is 37.7 Å². The maximum absolute atomic E-state index is 12.7. The van der Waals surface area contributed by atoms with Crippen LogP contribution < -0.4 is 9.47 Å². The molecule has 35 nitrogen and oxygen atoms in total. The molecule has 0 fully saturated rings. The molecule has 0 unspecified atom stereocenters. The Morgan fingerprint density at radius 3 is 1.86 bits per heavy atom. The largest absolute Gasteiger partial charge is 0.493 e. The number of nitriles is 1. The molecule has 0 aliphatic heterocycles. The summed E-state index contributed by atoms with van der Waals surface area (Å²) in [5, 5.41) is 58.4. The minimum Gasteiger partial charge on any atom is -0.493 e. The van der Waals surface area contributed by atoms with E-state index in [1.54, 1.807) is 51.1 Å². The van der Waals surface area contributed by atoms with Crippen LogP contribution in [0.3, 0.4) is 0 Å². The Bertz CT molecular complexity index is 5110. The minimum atomic E-state index is -4.97. The Balaban J connectivity index is 0.00000108. The van der Waals surface area contributed by atoms with Gasteiger partial charge in [-0.05, 0) is 86.9 Å². The summed E-state index contributed by atoms with van der Waals surface area (Å²) < 4.78 is 225. The van der Waals surface area contributed by atoms with Crippen molar-refractivity contribution in [3.63, 3.8) is 0 Å². The summed E-state index contributed by atoms with van der Waals surface area (Å²) in [5.41, 5.74) is 1.94. The number of rotatable bonds is 22. The average molecular weight is 1450 g/mol. The normalized spacial score (nSPS) is 12.2. The molecule has 494 valence electrons. The van der Waals surface area contributed by atoms with Crippen molar-refractivity contribution < 1.29 is 110 Å². The highest BCUT2D eigenvalue weighted by Gasteiger charge is 2.26. The number of imidazole rings is 1. The summed E-state index contributed by atoms with van der Waals surface area (Å²) in [6, 6.07) is 17.9. The molecule has 0 saturated carbocycles. The number of aliphatic hydroxyl groups is 1. The number of aryl methyl sites for hydroxylation is 1. The van der Waals surface area contributed by atoms with Gasteiger partial charge in [0.25, 0.3) is 50.6 Å². The first-order valence-electron chi connectivity index (χ1n) is 25.1. The highest BCUT2D eigenvalue weighted by Crippen LogP contribution is 2.45. The van der Waals surface area contributed by atoms with E-state index in [1.807, 2.05) is 0 Å². The maximum atomic E-state index is 12.7. The van der Waals surface area contributed by atoms with Crippen LogP contribution in [0.15, 0.2) is 112 Å². The molecule has 0 aliphatic rings. The Hall–Kier alpha value is -8.01. The van der Waals surface area contributed by atoms with Crippen LogP contribution in [0.4, 0.5) is 33.6 Å². The summed E-state index contributed by atoms with van der Waals surface area (Å²) in [4.78, 5) is 7.95. The van der Waals surface area contributed by atoms with E-state index in [0.717, 1.165) is 41.3 Å². The highest BCUT2D eigenvalue weighted by molar-refractivity contribution is 7.99. The van der Waals surface area contributed by atoms with Gasteiger partial charge in [-0.3, -0.25) is 27.2 Å². The third-order valence-corrected chi connectivity index (χ3v) is 17.0. The van der Waals surface area contributed by atoms with Gasteiger partial charge in [-0.15, -0.1) is 62.6 Å². The maximum Gasteiger partial charge on any atom is 0.425 e. The zero-order chi connectivity index (χ0) is 68.8. The summed E-state index contributed by atoms with van der Waals surface area (Å²) in [5.74, 6) is -1.68. The smallest absolute Gasteiger partial charge is 0.425 e. The Morgan fingerprint density at radius 1 is 0.685 bits per heavy atom. The fraction of sp³-hybridized carbons (Fsp3) is 0.271. The first-order chi connectivity index (χ1) is 42.7. The number of benzene rings is 5. The van der Waals surface area contributed by atoms with E-state index < -0.39 is 106 Å². The number of fused-ring (bicyclic) bond motifs is 6. The molecule has 3 aromatic heterocycles. The second kappa shape index (κ2) is 31.5. The van der Waals surface area contributed by atoms with Gasteiger partial charge in [-0.2, -0.15) is 52.5 Å². The van der Waals surface area contributed by atoms with Crippen LogP contribution in [0, 0.1) is 25.2 Å². The van der Waals surface area contributed by atoms with Crippen LogP contribution in [-0.2, 0) is 78.4 Å². The molecular weight excluding hydrogens is 1410 g/mol. The van der Waals surface area contributed by atoms with Gasteiger partial charge in [0.1, 0.15) is 39.2 Å². The lowest BCUT2D eigenvalue weighted by Gasteiger charge is -2.13. The van der Waals surface area contributed by atoms with E-state index in [9.17, 15) is 75.8 Å². The van der Waals surface area contributed by atoms with Gasteiger partial charge in [0.05, 0.1) is 75.3 Å². The van der Waals surface area contributed by atoms with E-state index in [4.69, 9.17) is 39.3 Å². The van der Waals surface area contributed by atoms with E-state index in [1.165, 1.54) is 22.6 Å². The van der Waals surface area contributed by atoms with Crippen molar-refractivity contribution in [2.75, 3.05) is 36.7 Å². The predicted molar refractivity (Wildman–Crippen MR) is 328 cm³/mol. The van der Waals surface area contributed by atoms with Crippen LogP contribution in [0.1, 0.15) is 48.4 Å². The zero-order valence-electron chi connectivity index (χ0n) is 47.3. The van der Waals surface area contributed by atoms with Gasteiger partial charge in [0.15, 0.2) is 11.3 Å². The molecule has 44 heteroatoms. The number of azo groups is 3. The van der Waals surface area contributed by atoms with Gasteiger partial charge in [0.2, 0.25) is 11.0 Å². The third kappa shape index (κ3) is 21.5. The van der Waals surface area contributed by atoms with Crippen molar-refractivity contribution in [3.05, 3.63) is 89.0 Å². The quantitative estimate of drug-likeness (QED) is 0.0146. The predicted octanol–water partition coefficient (Wildman–Crippen LogP) is 7.99. The van der Waals surface area contributed by atoms with Crippen molar-refractivity contribution in [2.24, 2.45) is 30.7 Å². The number of para-hydroxylation sites is 2. The van der Waals surface area contributed by atoms with Gasteiger partial charge >= 0.3 is 21.2 Å². The molecule has 0 amide bonds. The summed E-state index contributed by atoms with van der Waals surface area (Å²) in [6.07, 6.45) is 0.994. The van der Waals surface area contributed by atoms with Crippen molar-refractivity contribution in [1.29, 1.82) is 5.26 Å². The average Bonchev–Trinajstić information content (AvgIpc) is 1.47. The number of aliphatic hydroxyl groups excluding tert-OH is 1. The van der Waals surface area contributed by atoms with Crippen molar-refractivity contribution in [2.45, 2.75) is 61.3 Å². The number of aromatic nitrogens is 3. The summed E-state index contributed by atoms with van der Waals surface area (Å²) in [6.45, 7) is 4.09. The van der Waals surface area contributed by atoms with E-state index >= 15 is 0 Å². The zero-order valence-corrected chi connectivity index (χ0v) is 54.7. The highest BCUT2D eigenvalue weighted by atomic mass is 32.2. The number of pyridine rings is 1. The lowest BCUT2D eigenvalue weighted by molar-refractivity contribution is 0.281. The molecule has 5 aromatic carbocycles. The third-order valence-electron chi connectivity index (χ3n) is 11.6. The number of aromatic hydroxyl groups is 1.